The van der Waals surface area contributed by atoms with Gasteiger partial charge in [-0.1, -0.05) is 59.7 Å². The van der Waals surface area contributed by atoms with Crippen molar-refractivity contribution in [2.24, 2.45) is 5.92 Å². The lowest BCUT2D eigenvalue weighted by Gasteiger charge is -2.15. The highest BCUT2D eigenvalue weighted by Crippen LogP contribution is 2.28. The maximum absolute atomic E-state index is 5.91. The summed E-state index contributed by atoms with van der Waals surface area (Å²) < 4.78 is 5.91. The van der Waals surface area contributed by atoms with Crippen LogP contribution in [0, 0.1) is 5.92 Å². The van der Waals surface area contributed by atoms with Crippen molar-refractivity contribution in [3.63, 3.8) is 0 Å². The Morgan fingerprint density at radius 3 is 2.26 bits per heavy atom. The molecule has 0 aliphatic heterocycles. The lowest BCUT2D eigenvalue weighted by molar-refractivity contribution is 0.293. The second kappa shape index (κ2) is 10.9. The molecule has 1 heteroatoms. The van der Waals surface area contributed by atoms with Crippen molar-refractivity contribution in [1.82, 2.24) is 0 Å². The van der Waals surface area contributed by atoms with E-state index in [0.717, 1.165) is 31.1 Å². The second-order valence-electron chi connectivity index (χ2n) is 5.23. The predicted molar refractivity (Wildman–Crippen MR) is 86.1 cm³/mol. The molecule has 1 nitrogen and oxygen atoms in total. The third kappa shape index (κ3) is 7.25. The molecule has 0 saturated carbocycles. The van der Waals surface area contributed by atoms with Crippen molar-refractivity contribution in [1.29, 1.82) is 0 Å². The van der Waals surface area contributed by atoms with Crippen LogP contribution >= 0.6 is 0 Å². The first kappa shape index (κ1) is 18.0. The summed E-state index contributed by atoms with van der Waals surface area (Å²) in [5.74, 6) is 2.42. The monoisotopic (exact) mass is 264 g/mol. The fraction of sp³-hybridized carbons (Fsp3) is 0.667. The standard InChI is InChI=1S/C16H26O.C2H6/c1-5-14(4)15-10-6-7-11-16(15)17-12-8-9-13(2)3;1-2/h6-7,10-11,13-14H,5,8-9,12H2,1-4H3;1-2H3. The van der Waals surface area contributed by atoms with Crippen molar-refractivity contribution in [3.05, 3.63) is 29.8 Å². The molecule has 1 aromatic rings. The average molecular weight is 264 g/mol. The number of hydrogen-bond acceptors (Lipinski definition) is 1. The van der Waals surface area contributed by atoms with Crippen LogP contribution in [0.5, 0.6) is 5.75 Å². The van der Waals surface area contributed by atoms with Crippen molar-refractivity contribution >= 4 is 0 Å². The molecule has 0 bridgehead atoms. The molecule has 0 fully saturated rings. The minimum Gasteiger partial charge on any atom is -0.493 e. The summed E-state index contributed by atoms with van der Waals surface area (Å²) in [6.45, 7) is 13.8. The molecule has 0 saturated heterocycles. The molecule has 0 heterocycles. The van der Waals surface area contributed by atoms with Gasteiger partial charge in [-0.25, -0.2) is 0 Å². The summed E-state index contributed by atoms with van der Waals surface area (Å²) in [6.07, 6.45) is 3.55. The molecule has 1 rings (SSSR count). The third-order valence-electron chi connectivity index (χ3n) is 3.25. The summed E-state index contributed by atoms with van der Waals surface area (Å²) >= 11 is 0. The van der Waals surface area contributed by atoms with Gasteiger partial charge in [-0.05, 0) is 42.7 Å². The van der Waals surface area contributed by atoms with Gasteiger partial charge in [-0.15, -0.1) is 0 Å². The van der Waals surface area contributed by atoms with Crippen LogP contribution in [0.15, 0.2) is 24.3 Å². The molecule has 0 amide bonds. The van der Waals surface area contributed by atoms with Gasteiger partial charge in [-0.3, -0.25) is 0 Å². The maximum Gasteiger partial charge on any atom is 0.122 e. The Morgan fingerprint density at radius 2 is 1.68 bits per heavy atom. The number of ether oxygens (including phenoxy) is 1. The van der Waals surface area contributed by atoms with Gasteiger partial charge in [-0.2, -0.15) is 0 Å². The van der Waals surface area contributed by atoms with E-state index in [2.05, 4.69) is 52.0 Å². The van der Waals surface area contributed by atoms with Gasteiger partial charge >= 0.3 is 0 Å². The minimum absolute atomic E-state index is 0.580. The number of hydrogen-bond donors (Lipinski definition) is 0. The lowest BCUT2D eigenvalue weighted by atomic mass is 9.98. The fourth-order valence-electron chi connectivity index (χ4n) is 1.91. The first-order chi connectivity index (χ1) is 9.15. The smallest absolute Gasteiger partial charge is 0.122 e. The van der Waals surface area contributed by atoms with E-state index >= 15 is 0 Å². The molecular weight excluding hydrogens is 232 g/mol. The first-order valence-electron chi connectivity index (χ1n) is 7.86. The van der Waals surface area contributed by atoms with E-state index < -0.39 is 0 Å². The van der Waals surface area contributed by atoms with Crippen LogP contribution in [-0.2, 0) is 0 Å². The zero-order valence-electron chi connectivity index (χ0n) is 13.7. The highest BCUT2D eigenvalue weighted by Gasteiger charge is 2.09. The summed E-state index contributed by atoms with van der Waals surface area (Å²) in [5, 5.41) is 0. The normalized spacial score (nSPS) is 11.7. The molecule has 1 unspecified atom stereocenters. The van der Waals surface area contributed by atoms with Gasteiger partial charge in [0.15, 0.2) is 0 Å². The van der Waals surface area contributed by atoms with Crippen molar-refractivity contribution in [2.75, 3.05) is 6.61 Å². The molecule has 110 valence electrons. The number of para-hydroxylation sites is 1. The van der Waals surface area contributed by atoms with Gasteiger partial charge < -0.3 is 4.74 Å². The van der Waals surface area contributed by atoms with E-state index in [1.54, 1.807) is 0 Å². The van der Waals surface area contributed by atoms with Crippen LogP contribution in [0.4, 0.5) is 0 Å². The van der Waals surface area contributed by atoms with Crippen LogP contribution in [0.3, 0.4) is 0 Å². The van der Waals surface area contributed by atoms with E-state index in [-0.39, 0.29) is 0 Å². The van der Waals surface area contributed by atoms with Gasteiger partial charge in [0.05, 0.1) is 6.61 Å². The second-order valence-corrected chi connectivity index (χ2v) is 5.23. The Kier molecular flexibility index (Phi) is 10.3. The zero-order chi connectivity index (χ0) is 14.7. The highest BCUT2D eigenvalue weighted by molar-refractivity contribution is 5.35. The third-order valence-corrected chi connectivity index (χ3v) is 3.25. The molecule has 0 N–H and O–H groups in total. The minimum atomic E-state index is 0.580. The summed E-state index contributed by atoms with van der Waals surface area (Å²) in [4.78, 5) is 0. The van der Waals surface area contributed by atoms with E-state index in [1.165, 1.54) is 12.0 Å². The van der Waals surface area contributed by atoms with Gasteiger partial charge in [0.2, 0.25) is 0 Å². The quantitative estimate of drug-likeness (QED) is 0.545. The van der Waals surface area contributed by atoms with Crippen molar-refractivity contribution in [2.45, 2.75) is 66.7 Å². The Hall–Kier alpha value is -0.980. The molecule has 0 spiro atoms. The van der Waals surface area contributed by atoms with Crippen LogP contribution in [-0.4, -0.2) is 6.61 Å². The fourth-order valence-corrected chi connectivity index (χ4v) is 1.91. The van der Waals surface area contributed by atoms with E-state index in [1.807, 2.05) is 13.8 Å². The Bertz CT molecular complexity index is 317. The predicted octanol–water partition coefficient (Wildman–Crippen LogP) is 6.04. The number of rotatable bonds is 7. The number of benzene rings is 1. The molecule has 1 aromatic carbocycles. The summed E-state index contributed by atoms with van der Waals surface area (Å²) in [5.41, 5.74) is 1.35. The summed E-state index contributed by atoms with van der Waals surface area (Å²) in [6, 6.07) is 8.44. The van der Waals surface area contributed by atoms with Crippen molar-refractivity contribution in [3.8, 4) is 5.75 Å². The lowest BCUT2D eigenvalue weighted by Crippen LogP contribution is -2.03. The largest absolute Gasteiger partial charge is 0.493 e. The molecule has 0 aliphatic rings. The SMILES string of the molecule is CC.CCC(C)c1ccccc1OCCCC(C)C. The van der Waals surface area contributed by atoms with E-state index in [4.69, 9.17) is 4.74 Å². The molecule has 0 aliphatic carbocycles. The molecule has 0 aromatic heterocycles. The Balaban J connectivity index is 0.00000154. The van der Waals surface area contributed by atoms with Crippen LogP contribution < -0.4 is 4.74 Å². The van der Waals surface area contributed by atoms with Crippen LogP contribution in [0.1, 0.15) is 72.3 Å². The molecule has 1 atom stereocenters. The van der Waals surface area contributed by atoms with Gasteiger partial charge in [0.1, 0.15) is 5.75 Å². The van der Waals surface area contributed by atoms with Gasteiger partial charge in [0, 0.05) is 0 Å². The zero-order valence-corrected chi connectivity index (χ0v) is 13.7. The van der Waals surface area contributed by atoms with Crippen molar-refractivity contribution < 1.29 is 4.74 Å². The molecule has 0 radical (unpaired) electrons. The van der Waals surface area contributed by atoms with Gasteiger partial charge in [0.25, 0.3) is 0 Å². The van der Waals surface area contributed by atoms with E-state index in [9.17, 15) is 0 Å². The molecular formula is C18H32O. The summed E-state index contributed by atoms with van der Waals surface area (Å²) in [7, 11) is 0. The molecule has 19 heavy (non-hydrogen) atoms. The Morgan fingerprint density at radius 1 is 1.05 bits per heavy atom. The maximum atomic E-state index is 5.91. The van der Waals surface area contributed by atoms with Crippen LogP contribution in [0.2, 0.25) is 0 Å². The van der Waals surface area contributed by atoms with Crippen LogP contribution in [0.25, 0.3) is 0 Å². The van der Waals surface area contributed by atoms with E-state index in [0.29, 0.717) is 5.92 Å². The Labute approximate surface area is 120 Å². The topological polar surface area (TPSA) is 9.23 Å². The average Bonchev–Trinajstić information content (AvgIpc) is 2.45. The first-order valence-corrected chi connectivity index (χ1v) is 7.86. The highest BCUT2D eigenvalue weighted by atomic mass is 16.5.